The van der Waals surface area contributed by atoms with Crippen molar-refractivity contribution in [3.63, 3.8) is 0 Å². The molecule has 0 radical (unpaired) electrons. The monoisotopic (exact) mass is 352 g/mol. The average molecular weight is 352 g/mol. The normalized spacial score (nSPS) is 18.0. The van der Waals surface area contributed by atoms with Crippen LogP contribution in [0.15, 0.2) is 53.7 Å². The third-order valence-electron chi connectivity index (χ3n) is 4.46. The molecule has 0 aliphatic carbocycles. The predicted octanol–water partition coefficient (Wildman–Crippen LogP) is 2.93. The summed E-state index contributed by atoms with van der Waals surface area (Å²) in [5.74, 6) is 1.34. The van der Waals surface area contributed by atoms with Gasteiger partial charge in [-0.1, -0.05) is 41.6 Å². The number of hydrogen-bond acceptors (Lipinski definition) is 5. The van der Waals surface area contributed by atoms with Crippen molar-refractivity contribution in [1.29, 1.82) is 0 Å². The van der Waals surface area contributed by atoms with Gasteiger partial charge in [0.1, 0.15) is 18.9 Å². The summed E-state index contributed by atoms with van der Waals surface area (Å²) in [6.07, 6.45) is 0.284. The van der Waals surface area contributed by atoms with Gasteiger partial charge >= 0.3 is 0 Å². The van der Waals surface area contributed by atoms with E-state index >= 15 is 0 Å². The zero-order valence-corrected chi connectivity index (χ0v) is 14.6. The smallest absolute Gasteiger partial charge is 0.271 e. The van der Waals surface area contributed by atoms with Crippen LogP contribution in [0.4, 0.5) is 0 Å². The fourth-order valence-corrected chi connectivity index (χ4v) is 3.10. The maximum Gasteiger partial charge on any atom is 0.271 e. The van der Waals surface area contributed by atoms with Crippen LogP contribution in [0.5, 0.6) is 11.5 Å². The summed E-state index contributed by atoms with van der Waals surface area (Å²) < 4.78 is 11.1. The highest BCUT2D eigenvalue weighted by Gasteiger charge is 2.29. The largest absolute Gasteiger partial charge is 0.486 e. The highest BCUT2D eigenvalue weighted by atomic mass is 16.6. The van der Waals surface area contributed by atoms with Crippen LogP contribution < -0.4 is 9.47 Å². The molecule has 0 bridgehead atoms. The minimum absolute atomic E-state index is 0.127. The average Bonchev–Trinajstić information content (AvgIpc) is 3.18. The van der Waals surface area contributed by atoms with Gasteiger partial charge in [0.25, 0.3) is 5.91 Å². The number of ether oxygens (including phenoxy) is 2. The number of hydrogen-bond donors (Lipinski definition) is 0. The van der Waals surface area contributed by atoms with Gasteiger partial charge in [0.2, 0.25) is 0 Å². The standard InChI is InChI=1S/C20H20N2O4/c1-22(13-14-7-8-17-19(11-14)25-10-9-24-17)20(23)16-12-18(26-21-16)15-5-3-2-4-6-15/h2-8,11,18H,9-10,12-13H2,1H3. The Hall–Kier alpha value is -3.02. The molecule has 6 nitrogen and oxygen atoms in total. The predicted molar refractivity (Wildman–Crippen MR) is 96.2 cm³/mol. The number of amides is 1. The number of oxime groups is 1. The highest BCUT2D eigenvalue weighted by molar-refractivity contribution is 6.38. The van der Waals surface area contributed by atoms with Gasteiger partial charge < -0.3 is 19.2 Å². The van der Waals surface area contributed by atoms with E-state index in [0.717, 1.165) is 22.6 Å². The van der Waals surface area contributed by atoms with E-state index in [-0.39, 0.29) is 12.0 Å². The molecular formula is C20H20N2O4. The summed E-state index contributed by atoms with van der Waals surface area (Å²) >= 11 is 0. The van der Waals surface area contributed by atoms with Crippen LogP contribution in [0.1, 0.15) is 23.7 Å². The second kappa shape index (κ2) is 7.07. The van der Waals surface area contributed by atoms with E-state index in [9.17, 15) is 4.79 Å². The Morgan fingerprint density at radius 2 is 1.88 bits per heavy atom. The van der Waals surface area contributed by atoms with E-state index in [1.807, 2.05) is 48.5 Å². The van der Waals surface area contributed by atoms with Crippen molar-refractivity contribution in [2.45, 2.75) is 19.1 Å². The molecule has 0 aromatic heterocycles. The quantitative estimate of drug-likeness (QED) is 0.849. The molecule has 2 aromatic carbocycles. The Kier molecular flexibility index (Phi) is 4.48. The summed E-state index contributed by atoms with van der Waals surface area (Å²) in [6.45, 7) is 1.57. The number of carbonyl (C=O) groups is 1. The number of benzene rings is 2. The topological polar surface area (TPSA) is 60.4 Å². The zero-order valence-electron chi connectivity index (χ0n) is 14.6. The van der Waals surface area contributed by atoms with Crippen molar-refractivity contribution in [2.75, 3.05) is 20.3 Å². The lowest BCUT2D eigenvalue weighted by atomic mass is 10.0. The molecule has 2 aliphatic rings. The summed E-state index contributed by atoms with van der Waals surface area (Å²) in [5, 5.41) is 4.01. The lowest BCUT2D eigenvalue weighted by Crippen LogP contribution is -2.32. The van der Waals surface area contributed by atoms with E-state index in [2.05, 4.69) is 5.16 Å². The molecule has 2 heterocycles. The Morgan fingerprint density at radius 1 is 1.12 bits per heavy atom. The fraction of sp³-hybridized carbons (Fsp3) is 0.300. The van der Waals surface area contributed by atoms with Gasteiger partial charge in [0, 0.05) is 20.0 Å². The molecule has 2 aliphatic heterocycles. The van der Waals surface area contributed by atoms with Gasteiger partial charge in [0.15, 0.2) is 17.6 Å². The molecule has 1 unspecified atom stereocenters. The van der Waals surface area contributed by atoms with Crippen molar-refractivity contribution < 1.29 is 19.1 Å². The van der Waals surface area contributed by atoms with Gasteiger partial charge in [-0.05, 0) is 23.3 Å². The first-order chi connectivity index (χ1) is 12.7. The molecule has 0 fully saturated rings. The van der Waals surface area contributed by atoms with Crippen LogP contribution in [-0.4, -0.2) is 36.8 Å². The first kappa shape index (κ1) is 16.4. The molecular weight excluding hydrogens is 332 g/mol. The Bertz CT molecular complexity index is 835. The van der Waals surface area contributed by atoms with Crippen LogP contribution in [-0.2, 0) is 16.2 Å². The van der Waals surface area contributed by atoms with Crippen LogP contribution in [0, 0.1) is 0 Å². The summed E-state index contributed by atoms with van der Waals surface area (Å²) in [4.78, 5) is 19.8. The van der Waals surface area contributed by atoms with Crippen LogP contribution in [0.25, 0.3) is 0 Å². The van der Waals surface area contributed by atoms with Crippen LogP contribution >= 0.6 is 0 Å². The van der Waals surface area contributed by atoms with Gasteiger partial charge in [0.05, 0.1) is 0 Å². The van der Waals surface area contributed by atoms with Crippen molar-refractivity contribution >= 4 is 11.6 Å². The first-order valence-electron chi connectivity index (χ1n) is 8.62. The minimum Gasteiger partial charge on any atom is -0.486 e. The number of nitrogens with zero attached hydrogens (tertiary/aromatic N) is 2. The summed E-state index contributed by atoms with van der Waals surface area (Å²) in [5.41, 5.74) is 2.44. The number of fused-ring (bicyclic) bond motifs is 1. The highest BCUT2D eigenvalue weighted by Crippen LogP contribution is 2.31. The molecule has 0 N–H and O–H groups in total. The molecule has 2 aromatic rings. The lowest BCUT2D eigenvalue weighted by molar-refractivity contribution is -0.123. The van der Waals surface area contributed by atoms with Crippen molar-refractivity contribution in [3.05, 3.63) is 59.7 Å². The molecule has 4 rings (SSSR count). The SMILES string of the molecule is CN(Cc1ccc2c(c1)OCCO2)C(=O)C1=NOC(c2ccccc2)C1. The van der Waals surface area contributed by atoms with Gasteiger partial charge in [-0.3, -0.25) is 4.79 Å². The molecule has 0 saturated heterocycles. The Balaban J connectivity index is 1.39. The zero-order chi connectivity index (χ0) is 17.9. The van der Waals surface area contributed by atoms with E-state index in [1.165, 1.54) is 0 Å². The van der Waals surface area contributed by atoms with Crippen molar-refractivity contribution in [1.82, 2.24) is 4.90 Å². The first-order valence-corrected chi connectivity index (χ1v) is 8.62. The molecule has 6 heteroatoms. The van der Waals surface area contributed by atoms with Gasteiger partial charge in [-0.25, -0.2) is 0 Å². The molecule has 1 amide bonds. The second-order valence-corrected chi connectivity index (χ2v) is 6.39. The Labute approximate surface area is 152 Å². The third-order valence-corrected chi connectivity index (χ3v) is 4.46. The third kappa shape index (κ3) is 3.35. The summed E-state index contributed by atoms with van der Waals surface area (Å²) in [6, 6.07) is 15.5. The summed E-state index contributed by atoms with van der Waals surface area (Å²) in [7, 11) is 1.76. The lowest BCUT2D eigenvalue weighted by Gasteiger charge is -2.21. The van der Waals surface area contributed by atoms with E-state index < -0.39 is 0 Å². The molecule has 26 heavy (non-hydrogen) atoms. The molecule has 0 saturated carbocycles. The minimum atomic E-state index is -0.196. The van der Waals surface area contributed by atoms with Crippen LogP contribution in [0.3, 0.4) is 0 Å². The van der Waals surface area contributed by atoms with Gasteiger partial charge in [-0.2, -0.15) is 0 Å². The van der Waals surface area contributed by atoms with E-state index in [0.29, 0.717) is 31.9 Å². The second-order valence-electron chi connectivity index (χ2n) is 6.39. The molecule has 1 atom stereocenters. The van der Waals surface area contributed by atoms with Crippen LogP contribution in [0.2, 0.25) is 0 Å². The molecule has 0 spiro atoms. The number of rotatable bonds is 4. The number of carbonyl (C=O) groups excluding carboxylic acids is 1. The molecule has 134 valence electrons. The maximum atomic E-state index is 12.7. The van der Waals surface area contributed by atoms with E-state index in [1.54, 1.807) is 11.9 Å². The van der Waals surface area contributed by atoms with E-state index in [4.69, 9.17) is 14.3 Å². The maximum absolute atomic E-state index is 12.7. The van der Waals surface area contributed by atoms with Gasteiger partial charge in [-0.15, -0.1) is 0 Å². The Morgan fingerprint density at radius 3 is 2.69 bits per heavy atom. The fourth-order valence-electron chi connectivity index (χ4n) is 3.10. The van der Waals surface area contributed by atoms with Crippen molar-refractivity contribution in [2.24, 2.45) is 5.16 Å². The van der Waals surface area contributed by atoms with Crippen molar-refractivity contribution in [3.8, 4) is 11.5 Å².